The minimum Gasteiger partial charge on any atom is -0.463 e. The van der Waals surface area contributed by atoms with Gasteiger partial charge in [-0.05, 0) is 141 Å². The number of aliphatic hydroxyl groups excluding tert-OH is 2. The van der Waals surface area contributed by atoms with Crippen LogP contribution in [0.15, 0.2) is 146 Å². The second-order valence-electron chi connectivity index (χ2n) is 24.3. The first-order chi connectivity index (χ1) is 47.2. The zero-order chi connectivity index (χ0) is 70.9. The summed E-state index contributed by atoms with van der Waals surface area (Å²) < 4.78 is 60.9. The normalized spacial score (nSPS) is 14.9. The fourth-order valence-electron chi connectivity index (χ4n) is 9.42. The lowest BCUT2D eigenvalue weighted by Crippen LogP contribution is -2.30. The lowest BCUT2D eigenvalue weighted by Gasteiger charge is -2.21. The van der Waals surface area contributed by atoms with Crippen LogP contribution in [0.2, 0.25) is 0 Å². The molecule has 0 aliphatic carbocycles. The number of hydrogen-bond acceptors (Lipinski definition) is 14. The molecule has 0 saturated carbocycles. The molecule has 0 saturated heterocycles. The average Bonchev–Trinajstić information content (AvgIpc) is 2.14. The van der Waals surface area contributed by atoms with Crippen LogP contribution in [-0.2, 0) is 55.8 Å². The first kappa shape index (κ1) is 92.4. The van der Waals surface area contributed by atoms with Crippen LogP contribution in [0.25, 0.3) is 0 Å². The lowest BCUT2D eigenvalue weighted by molar-refractivity contribution is -0.161. The Morgan fingerprint density at radius 3 is 0.897 bits per heavy atom. The molecule has 18 heteroatoms. The molecular weight excluding hydrogens is 1270 g/mol. The number of phosphoric acid groups is 2. The van der Waals surface area contributed by atoms with Crippen molar-refractivity contribution in [2.75, 3.05) is 39.6 Å². The van der Waals surface area contributed by atoms with E-state index in [9.17, 15) is 43.5 Å². The van der Waals surface area contributed by atoms with Crippen LogP contribution in [0.5, 0.6) is 0 Å². The topological polar surface area (TPSA) is 231 Å². The molecule has 0 aliphatic heterocycles. The van der Waals surface area contributed by atoms with Gasteiger partial charge >= 0.3 is 33.6 Å². The fourth-order valence-corrected chi connectivity index (χ4v) is 11.0. The lowest BCUT2D eigenvalue weighted by atomic mass is 10.0. The van der Waals surface area contributed by atoms with E-state index in [1.807, 2.05) is 0 Å². The predicted octanol–water partition coefficient (Wildman–Crippen LogP) is 21.3. The zero-order valence-corrected chi connectivity index (χ0v) is 62.0. The highest BCUT2D eigenvalue weighted by atomic mass is 31.2. The number of allylic oxidation sites excluding steroid dienone is 24. The molecule has 0 aromatic carbocycles. The first-order valence-electron chi connectivity index (χ1n) is 37.1. The molecule has 5 unspecified atom stereocenters. The Kier molecular flexibility index (Phi) is 67.9. The van der Waals surface area contributed by atoms with E-state index < -0.39 is 91.5 Å². The van der Waals surface area contributed by atoms with Gasteiger partial charge in [-0.3, -0.25) is 32.5 Å². The Morgan fingerprint density at radius 2 is 0.546 bits per heavy atom. The molecule has 16 nitrogen and oxygen atoms in total. The van der Waals surface area contributed by atoms with Gasteiger partial charge in [-0.1, -0.05) is 263 Å². The molecule has 0 aliphatic rings. The van der Waals surface area contributed by atoms with Gasteiger partial charge in [0.25, 0.3) is 0 Å². The molecule has 554 valence electrons. The van der Waals surface area contributed by atoms with Crippen molar-refractivity contribution in [3.8, 4) is 0 Å². The Hall–Kier alpha value is -4.57. The Morgan fingerprint density at radius 1 is 0.299 bits per heavy atom. The number of phosphoric ester groups is 2. The van der Waals surface area contributed by atoms with Gasteiger partial charge in [0.15, 0.2) is 6.10 Å². The van der Waals surface area contributed by atoms with Crippen molar-refractivity contribution >= 4 is 33.6 Å². The van der Waals surface area contributed by atoms with Crippen molar-refractivity contribution in [3.05, 3.63) is 146 Å². The van der Waals surface area contributed by atoms with Crippen LogP contribution in [0.4, 0.5) is 0 Å². The van der Waals surface area contributed by atoms with E-state index in [1.165, 1.54) is 70.6 Å². The summed E-state index contributed by atoms with van der Waals surface area (Å²) in [5.74, 6) is -1.64. The van der Waals surface area contributed by atoms with Crippen LogP contribution in [0.3, 0.4) is 0 Å². The largest absolute Gasteiger partial charge is 0.472 e. The third kappa shape index (κ3) is 72.5. The van der Waals surface area contributed by atoms with Gasteiger partial charge in [-0.25, -0.2) is 9.13 Å². The summed E-state index contributed by atoms with van der Waals surface area (Å²) in [6.07, 6.45) is 86.2. The fraction of sp³-hybridized carbons (Fsp3) is 0.658. The highest BCUT2D eigenvalue weighted by Crippen LogP contribution is 2.45. The van der Waals surface area contributed by atoms with E-state index in [1.54, 1.807) is 0 Å². The molecule has 0 rings (SSSR count). The number of aliphatic hydroxyl groups is 2. The van der Waals surface area contributed by atoms with E-state index in [0.717, 1.165) is 148 Å². The Balaban J connectivity index is 4.58. The molecule has 0 aromatic rings. The van der Waals surface area contributed by atoms with Gasteiger partial charge in [0, 0.05) is 19.3 Å². The number of carbonyl (C=O) groups excluding carboxylic acids is 3. The van der Waals surface area contributed by atoms with Gasteiger partial charge in [0.2, 0.25) is 0 Å². The summed E-state index contributed by atoms with van der Waals surface area (Å²) in [7, 11) is -9.80. The molecule has 0 spiro atoms. The summed E-state index contributed by atoms with van der Waals surface area (Å²) in [5, 5.41) is 20.6. The molecule has 0 radical (unpaired) electrons. The Labute approximate surface area is 587 Å². The maximum atomic E-state index is 12.9. The van der Waals surface area contributed by atoms with E-state index in [0.29, 0.717) is 19.3 Å². The summed E-state index contributed by atoms with van der Waals surface area (Å²) >= 11 is 0. The maximum Gasteiger partial charge on any atom is 0.472 e. The Bertz CT molecular complexity index is 2350. The van der Waals surface area contributed by atoms with Gasteiger partial charge in [-0.2, -0.15) is 0 Å². The van der Waals surface area contributed by atoms with E-state index in [2.05, 4.69) is 167 Å². The number of ether oxygens (including phenoxy) is 3. The molecule has 0 aromatic heterocycles. The van der Waals surface area contributed by atoms with Gasteiger partial charge < -0.3 is 34.2 Å². The second-order valence-corrected chi connectivity index (χ2v) is 27.2. The van der Waals surface area contributed by atoms with Gasteiger partial charge in [-0.15, -0.1) is 0 Å². The molecule has 0 fully saturated rings. The molecule has 5 atom stereocenters. The summed E-state index contributed by atoms with van der Waals surface area (Å²) in [4.78, 5) is 58.5. The number of rotatable bonds is 69. The first-order valence-corrected chi connectivity index (χ1v) is 40.1. The number of hydrogen-bond donors (Lipinski definition) is 4. The van der Waals surface area contributed by atoms with Crippen molar-refractivity contribution in [1.29, 1.82) is 0 Å². The predicted molar refractivity (Wildman–Crippen MR) is 399 cm³/mol. The van der Waals surface area contributed by atoms with Crippen LogP contribution in [0.1, 0.15) is 278 Å². The second kappa shape index (κ2) is 71.3. The van der Waals surface area contributed by atoms with Crippen molar-refractivity contribution in [1.82, 2.24) is 0 Å². The summed E-state index contributed by atoms with van der Waals surface area (Å²) in [6.45, 7) is 2.36. The monoisotopic (exact) mass is 1400 g/mol. The minimum atomic E-state index is -4.94. The SMILES string of the molecule is CC/C=C\C/C=C\C/C=C\C/C=C\C/C=C\C/C=C\CCCCC(=O)OCC(COP(=O)(O)OCC(O)COP(=O)(O)OCC(O)COC(=O)CCCCCCCCCCCCC/C=C\C/C=C\C/C=C\C/C=C\C/C=C\CC)OC(=O)CCCCCCC/C=C\CCCCCC. The van der Waals surface area contributed by atoms with Crippen molar-refractivity contribution in [3.63, 3.8) is 0 Å². The highest BCUT2D eigenvalue weighted by molar-refractivity contribution is 7.47. The van der Waals surface area contributed by atoms with E-state index >= 15 is 0 Å². The molecule has 0 heterocycles. The number of unbranched alkanes of at least 4 members (excludes halogenated alkanes) is 22. The smallest absolute Gasteiger partial charge is 0.463 e. The maximum absolute atomic E-state index is 12.9. The van der Waals surface area contributed by atoms with E-state index in [-0.39, 0.29) is 19.3 Å². The minimum absolute atomic E-state index is 0.0808. The molecule has 0 amide bonds. The average molecular weight is 1400 g/mol. The van der Waals surface area contributed by atoms with Crippen LogP contribution >= 0.6 is 15.6 Å². The molecule has 0 bridgehead atoms. The van der Waals surface area contributed by atoms with Crippen molar-refractivity contribution in [2.24, 2.45) is 0 Å². The third-order valence-corrected chi connectivity index (χ3v) is 16.9. The quantitative estimate of drug-likeness (QED) is 0.0146. The summed E-state index contributed by atoms with van der Waals surface area (Å²) in [6, 6.07) is 0. The van der Waals surface area contributed by atoms with Crippen LogP contribution in [-0.4, -0.2) is 95.9 Å². The molecule has 97 heavy (non-hydrogen) atoms. The van der Waals surface area contributed by atoms with Gasteiger partial charge in [0.1, 0.15) is 25.4 Å². The highest BCUT2D eigenvalue weighted by Gasteiger charge is 2.29. The number of carbonyl (C=O) groups is 3. The molecule has 4 N–H and O–H groups in total. The van der Waals surface area contributed by atoms with Crippen molar-refractivity contribution in [2.45, 2.75) is 296 Å². The standard InChI is InChI=1S/C79H132O16P2/c1-4-7-10-13-16-19-22-25-27-29-31-33-34-35-36-37-38-40-42-43-45-48-50-53-56-59-62-65-77(82)89-68-74(80)69-91-96(85,86)92-70-75(81)71-93-97(87,88)94-73-76(95-79(84)67-64-61-58-55-52-47-24-21-18-15-12-9-6-3)72-90-78(83)66-63-60-57-54-51-49-46-44-41-39-32-30-28-26-23-20-17-14-11-8-5-2/h7-8,10-11,16-17,19-21,24-28,31-33,35-36,39,44,46,51,54,74-76,80-81H,4-6,9,12-15,18,22-23,29-30,34,37-38,40-43,45,47-50,52-53,55-73H2,1-3H3,(H,85,86)(H,87,88)/b10-7-,11-8-,19-16-,20-17-,24-21-,27-25-,28-26-,33-31-,36-35-,39-32-,46-44-,54-51-. The third-order valence-electron chi connectivity index (χ3n) is 15.0. The van der Waals surface area contributed by atoms with Crippen LogP contribution in [0, 0.1) is 0 Å². The number of esters is 3. The summed E-state index contributed by atoms with van der Waals surface area (Å²) in [5.41, 5.74) is 0. The molecular formula is C79H132O16P2. The zero-order valence-electron chi connectivity index (χ0n) is 60.2. The van der Waals surface area contributed by atoms with Crippen LogP contribution < -0.4 is 0 Å². The van der Waals surface area contributed by atoms with Crippen molar-refractivity contribution < 1.29 is 75.8 Å². The van der Waals surface area contributed by atoms with E-state index in [4.69, 9.17) is 32.3 Å². The van der Waals surface area contributed by atoms with Gasteiger partial charge in [0.05, 0.1) is 26.4 Å².